The quantitative estimate of drug-likeness (QED) is 0.618. The van der Waals surface area contributed by atoms with Crippen LogP contribution in [-0.4, -0.2) is 69.5 Å². The van der Waals surface area contributed by atoms with Gasteiger partial charge in [-0.1, -0.05) is 0 Å². The molecule has 4 rings (SSSR count). The molecule has 0 N–H and O–H groups in total. The van der Waals surface area contributed by atoms with Crippen LogP contribution in [0.5, 0.6) is 0 Å². The maximum atomic E-state index is 13.1. The van der Waals surface area contributed by atoms with E-state index in [-0.39, 0.29) is 48.6 Å². The van der Waals surface area contributed by atoms with Gasteiger partial charge in [-0.2, -0.15) is 4.31 Å². The van der Waals surface area contributed by atoms with Crippen LogP contribution in [0.3, 0.4) is 0 Å². The van der Waals surface area contributed by atoms with Crippen molar-refractivity contribution in [1.82, 2.24) is 29.0 Å². The van der Waals surface area contributed by atoms with Crippen LogP contribution in [-0.2, 0) is 10.0 Å². The van der Waals surface area contributed by atoms with Gasteiger partial charge in [-0.15, -0.1) is 5.10 Å². The molecule has 0 atom stereocenters. The third-order valence-corrected chi connectivity index (χ3v) is 6.71. The first-order valence-corrected chi connectivity index (χ1v) is 10.7. The lowest BCUT2D eigenvalue weighted by atomic mass is 10.3. The maximum absolute atomic E-state index is 13.1. The zero-order valence-corrected chi connectivity index (χ0v) is 17.0. The van der Waals surface area contributed by atoms with Crippen LogP contribution < -0.4 is 0 Å². The van der Waals surface area contributed by atoms with Crippen molar-refractivity contribution >= 4 is 15.9 Å². The lowest BCUT2D eigenvalue weighted by Crippen LogP contribution is -2.50. The van der Waals surface area contributed by atoms with Crippen molar-refractivity contribution < 1.29 is 17.6 Å². The zero-order valence-electron chi connectivity index (χ0n) is 16.1. The van der Waals surface area contributed by atoms with Crippen molar-refractivity contribution in [2.24, 2.45) is 0 Å². The summed E-state index contributed by atoms with van der Waals surface area (Å²) in [6, 6.07) is 8.77. The molecule has 2 aromatic heterocycles. The summed E-state index contributed by atoms with van der Waals surface area (Å²) in [4.78, 5) is 22.6. The molecule has 156 valence electrons. The molecule has 30 heavy (non-hydrogen) atoms. The zero-order chi connectivity index (χ0) is 21.3. The molecule has 1 saturated heterocycles. The second kappa shape index (κ2) is 7.92. The molecule has 3 aromatic rings. The van der Waals surface area contributed by atoms with E-state index < -0.39 is 10.0 Å². The van der Waals surface area contributed by atoms with Gasteiger partial charge in [0.05, 0.1) is 5.69 Å². The number of halogens is 1. The Bertz CT molecular complexity index is 1160. The van der Waals surface area contributed by atoms with Gasteiger partial charge in [-0.3, -0.25) is 9.78 Å². The topological polar surface area (TPSA) is 101 Å². The third kappa shape index (κ3) is 3.81. The molecule has 1 aromatic carbocycles. The number of hydrogen-bond donors (Lipinski definition) is 0. The third-order valence-electron chi connectivity index (χ3n) is 4.83. The van der Waals surface area contributed by atoms with E-state index in [0.717, 1.165) is 0 Å². The monoisotopic (exact) mass is 430 g/mol. The second-order valence-corrected chi connectivity index (χ2v) is 8.69. The van der Waals surface area contributed by atoms with E-state index in [0.29, 0.717) is 11.5 Å². The molecular formula is C19H19FN6O3S. The Balaban J connectivity index is 1.46. The molecule has 0 spiro atoms. The van der Waals surface area contributed by atoms with Gasteiger partial charge in [0.25, 0.3) is 5.91 Å². The van der Waals surface area contributed by atoms with Crippen molar-refractivity contribution in [3.8, 4) is 5.69 Å². The summed E-state index contributed by atoms with van der Waals surface area (Å²) in [5.41, 5.74) is 0.591. The van der Waals surface area contributed by atoms with Crippen molar-refractivity contribution in [3.63, 3.8) is 0 Å². The number of sulfonamides is 1. The molecule has 11 heteroatoms. The van der Waals surface area contributed by atoms with Gasteiger partial charge >= 0.3 is 0 Å². The number of pyridine rings is 1. The highest BCUT2D eigenvalue weighted by Gasteiger charge is 2.31. The van der Waals surface area contributed by atoms with Crippen LogP contribution in [0.4, 0.5) is 4.39 Å². The van der Waals surface area contributed by atoms with Crippen LogP contribution in [0.1, 0.15) is 16.4 Å². The number of carbonyl (C=O) groups is 1. The average molecular weight is 430 g/mol. The molecule has 0 aliphatic carbocycles. The van der Waals surface area contributed by atoms with Gasteiger partial charge in [0.1, 0.15) is 16.5 Å². The summed E-state index contributed by atoms with van der Waals surface area (Å²) in [5.74, 6) is -0.243. The van der Waals surface area contributed by atoms with Gasteiger partial charge in [0.15, 0.2) is 0 Å². The summed E-state index contributed by atoms with van der Waals surface area (Å²) in [6.07, 6.45) is 2.82. The number of benzene rings is 1. The Hall–Kier alpha value is -3.18. The van der Waals surface area contributed by atoms with Gasteiger partial charge in [0.2, 0.25) is 15.8 Å². The van der Waals surface area contributed by atoms with E-state index in [4.69, 9.17) is 0 Å². The number of amides is 1. The average Bonchev–Trinajstić information content (AvgIpc) is 3.16. The van der Waals surface area contributed by atoms with Gasteiger partial charge in [0, 0.05) is 38.6 Å². The first kappa shape index (κ1) is 20.1. The Kier molecular flexibility index (Phi) is 5.31. The molecule has 0 bridgehead atoms. The van der Waals surface area contributed by atoms with E-state index in [1.54, 1.807) is 25.1 Å². The van der Waals surface area contributed by atoms with E-state index in [2.05, 4.69) is 15.1 Å². The molecule has 1 aliphatic rings. The summed E-state index contributed by atoms with van der Waals surface area (Å²) in [6.45, 7) is 2.48. The van der Waals surface area contributed by atoms with Gasteiger partial charge < -0.3 is 4.90 Å². The van der Waals surface area contributed by atoms with Crippen LogP contribution in [0.15, 0.2) is 53.7 Å². The minimum absolute atomic E-state index is 0.0143. The number of piperazine rings is 1. The molecule has 0 radical (unpaired) electrons. The number of carbonyl (C=O) groups excluding carboxylic acids is 1. The van der Waals surface area contributed by atoms with Crippen molar-refractivity contribution in [2.45, 2.75) is 11.8 Å². The lowest BCUT2D eigenvalue weighted by Gasteiger charge is -2.33. The normalized spacial score (nSPS) is 15.3. The highest BCUT2D eigenvalue weighted by molar-refractivity contribution is 7.89. The standard InChI is InChI=1S/C19H19FN6O3S/c1-14-22-18(23-26(14)16-6-4-15(20)5-7-16)19(27)24-9-11-25(12-10-24)30(28,29)17-3-2-8-21-13-17/h2-8,13H,9-12H2,1H3. The minimum Gasteiger partial charge on any atom is -0.333 e. The highest BCUT2D eigenvalue weighted by atomic mass is 32.2. The fraction of sp³-hybridized carbons (Fsp3) is 0.263. The van der Waals surface area contributed by atoms with Crippen molar-refractivity contribution in [3.05, 3.63) is 66.3 Å². The summed E-state index contributed by atoms with van der Waals surface area (Å²) >= 11 is 0. The number of nitrogens with zero attached hydrogens (tertiary/aromatic N) is 6. The molecule has 0 unspecified atom stereocenters. The van der Waals surface area contributed by atoms with E-state index in [1.165, 1.54) is 44.5 Å². The molecule has 3 heterocycles. The van der Waals surface area contributed by atoms with Crippen LogP contribution >= 0.6 is 0 Å². The van der Waals surface area contributed by atoms with Crippen LogP contribution in [0, 0.1) is 12.7 Å². The number of hydrogen-bond acceptors (Lipinski definition) is 6. The molecular weight excluding hydrogens is 411 g/mol. The minimum atomic E-state index is -3.65. The first-order chi connectivity index (χ1) is 14.4. The van der Waals surface area contributed by atoms with Crippen LogP contribution in [0.2, 0.25) is 0 Å². The lowest BCUT2D eigenvalue weighted by molar-refractivity contribution is 0.0685. The fourth-order valence-corrected chi connectivity index (χ4v) is 4.62. The Morgan fingerprint density at radius 2 is 1.77 bits per heavy atom. The first-order valence-electron chi connectivity index (χ1n) is 9.25. The van der Waals surface area contributed by atoms with Crippen LogP contribution in [0.25, 0.3) is 5.69 Å². The summed E-state index contributed by atoms with van der Waals surface area (Å²) in [5, 5.41) is 4.25. The second-order valence-electron chi connectivity index (χ2n) is 6.76. The van der Waals surface area contributed by atoms with Crippen molar-refractivity contribution in [1.29, 1.82) is 0 Å². The Morgan fingerprint density at radius 1 is 1.07 bits per heavy atom. The Morgan fingerprint density at radius 3 is 2.40 bits per heavy atom. The molecule has 1 aliphatic heterocycles. The predicted molar refractivity (Wildman–Crippen MR) is 105 cm³/mol. The Labute approximate surface area is 172 Å². The molecule has 0 saturated carbocycles. The smallest absolute Gasteiger partial charge is 0.293 e. The van der Waals surface area contributed by atoms with E-state index >= 15 is 0 Å². The highest BCUT2D eigenvalue weighted by Crippen LogP contribution is 2.18. The largest absolute Gasteiger partial charge is 0.333 e. The number of aryl methyl sites for hydroxylation is 1. The molecule has 1 fully saturated rings. The van der Waals surface area contributed by atoms with E-state index in [1.807, 2.05) is 0 Å². The predicted octanol–water partition coefficient (Wildman–Crippen LogP) is 1.26. The number of rotatable bonds is 4. The van der Waals surface area contributed by atoms with E-state index in [9.17, 15) is 17.6 Å². The summed E-state index contributed by atoms with van der Waals surface area (Å²) in [7, 11) is -3.65. The summed E-state index contributed by atoms with van der Waals surface area (Å²) < 4.78 is 41.3. The van der Waals surface area contributed by atoms with Gasteiger partial charge in [-0.05, 0) is 43.3 Å². The van der Waals surface area contributed by atoms with Gasteiger partial charge in [-0.25, -0.2) is 22.5 Å². The number of aromatic nitrogens is 4. The fourth-order valence-electron chi connectivity index (χ4n) is 3.23. The molecule has 1 amide bonds. The maximum Gasteiger partial charge on any atom is 0.293 e. The molecule has 9 nitrogen and oxygen atoms in total. The van der Waals surface area contributed by atoms with Crippen molar-refractivity contribution in [2.75, 3.05) is 26.2 Å². The SMILES string of the molecule is Cc1nc(C(=O)N2CCN(S(=O)(=O)c3cccnc3)CC2)nn1-c1ccc(F)cc1.